The van der Waals surface area contributed by atoms with Gasteiger partial charge in [-0.05, 0) is 19.3 Å². The lowest BCUT2D eigenvalue weighted by Gasteiger charge is -2.15. The molecule has 0 saturated heterocycles. The van der Waals surface area contributed by atoms with E-state index in [1.54, 1.807) is 6.20 Å². The van der Waals surface area contributed by atoms with Crippen LogP contribution in [-0.2, 0) is 0 Å². The second kappa shape index (κ2) is 3.07. The number of nitrogens with zero attached hydrogens (tertiary/aromatic N) is 2. The first kappa shape index (κ1) is 8.08. The summed E-state index contributed by atoms with van der Waals surface area (Å²) in [6, 6.07) is 0.610. The highest BCUT2D eigenvalue weighted by Gasteiger charge is 2.25. The number of rotatable bonds is 1. The molecule has 12 heavy (non-hydrogen) atoms. The molecule has 0 aromatic carbocycles. The second-order valence-electron chi connectivity index (χ2n) is 3.30. The van der Waals surface area contributed by atoms with Crippen LogP contribution in [0.5, 0.6) is 0 Å². The molecule has 1 aliphatic rings. The molecule has 3 nitrogen and oxygen atoms in total. The first-order chi connectivity index (χ1) is 5.77. The molecule has 0 radical (unpaired) electrons. The number of aromatic nitrogens is 2. The smallest absolute Gasteiger partial charge is 0.0785 e. The van der Waals surface area contributed by atoms with Crippen molar-refractivity contribution in [3.63, 3.8) is 0 Å². The Labute approximate surface area is 76.5 Å². The van der Waals surface area contributed by atoms with Gasteiger partial charge in [-0.2, -0.15) is 5.10 Å². The minimum absolute atomic E-state index is 0.251. The molecular formula is C8H12ClN3. The fourth-order valence-electron chi connectivity index (χ4n) is 1.79. The lowest BCUT2D eigenvalue weighted by Crippen LogP contribution is -2.27. The highest BCUT2D eigenvalue weighted by Crippen LogP contribution is 2.28. The van der Waals surface area contributed by atoms with Crippen LogP contribution < -0.4 is 5.73 Å². The van der Waals surface area contributed by atoms with Crippen LogP contribution in [0, 0.1) is 0 Å². The fraction of sp³-hybridized carbons (Fsp3) is 0.625. The van der Waals surface area contributed by atoms with E-state index in [0.29, 0.717) is 11.1 Å². The van der Waals surface area contributed by atoms with Crippen LogP contribution in [0.25, 0.3) is 0 Å². The van der Waals surface area contributed by atoms with Crippen molar-refractivity contribution < 1.29 is 0 Å². The van der Waals surface area contributed by atoms with Gasteiger partial charge >= 0.3 is 0 Å². The van der Waals surface area contributed by atoms with Gasteiger partial charge in [-0.25, -0.2) is 0 Å². The minimum atomic E-state index is 0.251. The van der Waals surface area contributed by atoms with Crippen LogP contribution in [-0.4, -0.2) is 15.8 Å². The van der Waals surface area contributed by atoms with Crippen molar-refractivity contribution in [1.29, 1.82) is 0 Å². The molecule has 1 aromatic heterocycles. The molecule has 0 spiro atoms. The lowest BCUT2D eigenvalue weighted by atomic mass is 10.2. The zero-order chi connectivity index (χ0) is 8.55. The number of halogens is 1. The van der Waals surface area contributed by atoms with Gasteiger partial charge in [-0.15, -0.1) is 0 Å². The standard InChI is InChI=1S/C8H12ClN3/c9-6-4-11-12(5-6)8-3-1-2-7(8)10/h4-5,7-8H,1-3,10H2. The number of nitrogens with two attached hydrogens (primary N) is 1. The molecule has 2 N–H and O–H groups in total. The van der Waals surface area contributed by atoms with Crippen molar-refractivity contribution in [2.45, 2.75) is 31.3 Å². The van der Waals surface area contributed by atoms with Gasteiger partial charge in [0.15, 0.2) is 0 Å². The first-order valence-corrected chi connectivity index (χ1v) is 4.60. The highest BCUT2D eigenvalue weighted by atomic mass is 35.5. The predicted molar refractivity (Wildman–Crippen MR) is 48.1 cm³/mol. The minimum Gasteiger partial charge on any atom is -0.326 e. The van der Waals surface area contributed by atoms with Gasteiger partial charge in [-0.1, -0.05) is 11.6 Å². The van der Waals surface area contributed by atoms with Crippen molar-refractivity contribution in [3.8, 4) is 0 Å². The highest BCUT2D eigenvalue weighted by molar-refractivity contribution is 6.30. The zero-order valence-electron chi connectivity index (χ0n) is 6.78. The summed E-state index contributed by atoms with van der Waals surface area (Å²) in [4.78, 5) is 0. The molecule has 2 rings (SSSR count). The fourth-order valence-corrected chi connectivity index (χ4v) is 1.94. The third-order valence-electron chi connectivity index (χ3n) is 2.44. The maximum atomic E-state index is 5.92. The summed E-state index contributed by atoms with van der Waals surface area (Å²) in [7, 11) is 0. The summed E-state index contributed by atoms with van der Waals surface area (Å²) < 4.78 is 1.89. The van der Waals surface area contributed by atoms with Crippen molar-refractivity contribution in [3.05, 3.63) is 17.4 Å². The van der Waals surface area contributed by atoms with E-state index >= 15 is 0 Å². The van der Waals surface area contributed by atoms with Gasteiger partial charge < -0.3 is 5.73 Å². The molecule has 0 amide bonds. The molecule has 0 aliphatic heterocycles. The maximum absolute atomic E-state index is 5.92. The van der Waals surface area contributed by atoms with Crippen molar-refractivity contribution in [2.24, 2.45) is 5.73 Å². The molecule has 1 heterocycles. The van der Waals surface area contributed by atoms with E-state index in [4.69, 9.17) is 17.3 Å². The summed E-state index contributed by atoms with van der Waals surface area (Å²) in [6.07, 6.45) is 6.93. The van der Waals surface area contributed by atoms with Crippen LogP contribution in [0.4, 0.5) is 0 Å². The van der Waals surface area contributed by atoms with E-state index in [0.717, 1.165) is 12.8 Å². The van der Waals surface area contributed by atoms with Gasteiger partial charge in [0.1, 0.15) is 0 Å². The summed E-state index contributed by atoms with van der Waals surface area (Å²) in [5.74, 6) is 0. The Morgan fingerprint density at radius 1 is 1.58 bits per heavy atom. The van der Waals surface area contributed by atoms with Crippen LogP contribution in [0.3, 0.4) is 0 Å². The second-order valence-corrected chi connectivity index (χ2v) is 3.74. The average Bonchev–Trinajstić information content (AvgIpc) is 2.58. The van der Waals surface area contributed by atoms with Gasteiger partial charge in [0, 0.05) is 12.2 Å². The molecular weight excluding hydrogens is 174 g/mol. The largest absolute Gasteiger partial charge is 0.326 e. The topological polar surface area (TPSA) is 43.8 Å². The first-order valence-electron chi connectivity index (χ1n) is 4.22. The monoisotopic (exact) mass is 185 g/mol. The van der Waals surface area contributed by atoms with Crippen LogP contribution >= 0.6 is 11.6 Å². The molecule has 1 fully saturated rings. The van der Waals surface area contributed by atoms with Gasteiger partial charge in [-0.3, -0.25) is 4.68 Å². The Bertz CT molecular complexity index is 271. The molecule has 1 saturated carbocycles. The predicted octanol–water partition coefficient (Wildman–Crippen LogP) is 1.59. The number of hydrogen-bond donors (Lipinski definition) is 1. The van der Waals surface area contributed by atoms with Crippen LogP contribution in [0.15, 0.2) is 12.4 Å². The third-order valence-corrected chi connectivity index (χ3v) is 2.64. The average molecular weight is 186 g/mol. The van der Waals surface area contributed by atoms with E-state index in [1.807, 2.05) is 10.9 Å². The molecule has 2 atom stereocenters. The molecule has 4 heteroatoms. The summed E-state index contributed by atoms with van der Waals surface area (Å²) in [6.45, 7) is 0. The lowest BCUT2D eigenvalue weighted by molar-refractivity contribution is 0.422. The van der Waals surface area contributed by atoms with Gasteiger partial charge in [0.25, 0.3) is 0 Å². The summed E-state index contributed by atoms with van der Waals surface area (Å²) in [5.41, 5.74) is 5.92. The maximum Gasteiger partial charge on any atom is 0.0785 e. The van der Waals surface area contributed by atoms with Crippen LogP contribution in [0.2, 0.25) is 5.02 Å². The number of hydrogen-bond acceptors (Lipinski definition) is 2. The Balaban J connectivity index is 2.19. The molecule has 1 aliphatic carbocycles. The van der Waals surface area contributed by atoms with E-state index < -0.39 is 0 Å². The summed E-state index contributed by atoms with van der Waals surface area (Å²) in [5, 5.41) is 4.84. The summed E-state index contributed by atoms with van der Waals surface area (Å²) >= 11 is 5.76. The normalized spacial score (nSPS) is 29.5. The Hall–Kier alpha value is -0.540. The SMILES string of the molecule is NC1CCCC1n1cc(Cl)cn1. The third kappa shape index (κ3) is 1.34. The molecule has 0 bridgehead atoms. The quantitative estimate of drug-likeness (QED) is 0.722. The van der Waals surface area contributed by atoms with Gasteiger partial charge in [0.05, 0.1) is 17.3 Å². The molecule has 1 aromatic rings. The molecule has 66 valence electrons. The van der Waals surface area contributed by atoms with E-state index in [1.165, 1.54) is 6.42 Å². The van der Waals surface area contributed by atoms with E-state index in [2.05, 4.69) is 5.10 Å². The van der Waals surface area contributed by atoms with Crippen molar-refractivity contribution in [2.75, 3.05) is 0 Å². The zero-order valence-corrected chi connectivity index (χ0v) is 7.54. The Morgan fingerprint density at radius 3 is 2.92 bits per heavy atom. The van der Waals surface area contributed by atoms with E-state index in [-0.39, 0.29) is 6.04 Å². The molecule has 2 unspecified atom stereocenters. The van der Waals surface area contributed by atoms with Crippen LogP contribution in [0.1, 0.15) is 25.3 Å². The Kier molecular flexibility index (Phi) is 2.07. The van der Waals surface area contributed by atoms with Gasteiger partial charge in [0.2, 0.25) is 0 Å². The van der Waals surface area contributed by atoms with Crippen molar-refractivity contribution in [1.82, 2.24) is 9.78 Å². The van der Waals surface area contributed by atoms with Crippen molar-refractivity contribution >= 4 is 11.6 Å². The Morgan fingerprint density at radius 2 is 2.42 bits per heavy atom. The van der Waals surface area contributed by atoms with E-state index in [9.17, 15) is 0 Å².